The smallest absolute Gasteiger partial charge is 0.335 e. The maximum atomic E-state index is 11.7. The van der Waals surface area contributed by atoms with Gasteiger partial charge in [-0.05, 0) is 6.92 Å². The van der Waals surface area contributed by atoms with Gasteiger partial charge in [0.2, 0.25) is 0 Å². The Bertz CT molecular complexity index is 413. The van der Waals surface area contributed by atoms with Gasteiger partial charge in [0.1, 0.15) is 6.61 Å². The third-order valence-corrected chi connectivity index (χ3v) is 2.41. The lowest BCUT2D eigenvalue weighted by Gasteiger charge is -2.15. The molecule has 1 unspecified atom stereocenters. The van der Waals surface area contributed by atoms with Gasteiger partial charge in [0.25, 0.3) is 0 Å². The Hall–Kier alpha value is -1.86. The van der Waals surface area contributed by atoms with Crippen LogP contribution in [0, 0.1) is 0 Å². The molecule has 0 aromatic rings. The molecule has 1 aliphatic rings. The van der Waals surface area contributed by atoms with Crippen molar-refractivity contribution >= 4 is 11.9 Å². The highest BCUT2D eigenvalue weighted by Crippen LogP contribution is 2.17. The molecule has 1 rings (SSSR count). The van der Waals surface area contributed by atoms with Crippen molar-refractivity contribution in [3.8, 4) is 0 Å². The molecular formula is C13H19NO6. The number of esters is 2. The van der Waals surface area contributed by atoms with Gasteiger partial charge in [0.15, 0.2) is 0 Å². The average Bonchev–Trinajstić information content (AvgIpc) is 2.45. The van der Waals surface area contributed by atoms with Crippen LogP contribution in [0.1, 0.15) is 19.8 Å². The van der Waals surface area contributed by atoms with Crippen molar-refractivity contribution in [1.29, 1.82) is 0 Å². The van der Waals surface area contributed by atoms with Gasteiger partial charge < -0.3 is 25.0 Å². The van der Waals surface area contributed by atoms with E-state index in [1.54, 1.807) is 0 Å². The van der Waals surface area contributed by atoms with E-state index in [0.29, 0.717) is 12.0 Å². The van der Waals surface area contributed by atoms with E-state index in [-0.39, 0.29) is 31.8 Å². The van der Waals surface area contributed by atoms with Gasteiger partial charge in [-0.1, -0.05) is 0 Å². The van der Waals surface area contributed by atoms with Crippen LogP contribution in [0.4, 0.5) is 0 Å². The first-order valence-corrected chi connectivity index (χ1v) is 6.32. The van der Waals surface area contributed by atoms with E-state index in [0.717, 1.165) is 0 Å². The first kappa shape index (κ1) is 16.2. The molecular weight excluding hydrogens is 266 g/mol. The topological polar surface area (TPSA) is 105 Å². The molecule has 7 nitrogen and oxygen atoms in total. The highest BCUT2D eigenvalue weighted by atomic mass is 16.5. The van der Waals surface area contributed by atoms with E-state index in [4.69, 9.17) is 19.7 Å². The fourth-order valence-corrected chi connectivity index (χ4v) is 1.42. The van der Waals surface area contributed by atoms with Crippen LogP contribution in [-0.2, 0) is 19.1 Å². The van der Waals surface area contributed by atoms with Crippen LogP contribution in [0.5, 0.6) is 0 Å². The normalized spacial score (nSPS) is 15.6. The lowest BCUT2D eigenvalue weighted by molar-refractivity contribution is -0.141. The second-order valence-electron chi connectivity index (χ2n) is 4.34. The van der Waals surface area contributed by atoms with Crippen molar-refractivity contribution in [3.05, 3.63) is 23.5 Å². The summed E-state index contributed by atoms with van der Waals surface area (Å²) in [5.41, 5.74) is 0.580. The minimum Gasteiger partial charge on any atom is -0.462 e. The maximum Gasteiger partial charge on any atom is 0.335 e. The first-order valence-electron chi connectivity index (χ1n) is 6.32. The number of carbonyl (C=O) groups is 2. The van der Waals surface area contributed by atoms with Crippen LogP contribution in [-0.4, -0.2) is 48.1 Å². The molecule has 0 spiro atoms. The first-order chi connectivity index (χ1) is 9.54. The quantitative estimate of drug-likeness (QED) is 0.431. The zero-order valence-electron chi connectivity index (χ0n) is 11.3. The number of aliphatic hydroxyl groups is 2. The van der Waals surface area contributed by atoms with Crippen LogP contribution in [0.15, 0.2) is 23.5 Å². The third-order valence-electron chi connectivity index (χ3n) is 2.41. The largest absolute Gasteiger partial charge is 0.462 e. The monoisotopic (exact) mass is 285 g/mol. The molecule has 0 fully saturated rings. The molecule has 0 aromatic heterocycles. The molecule has 0 saturated carbocycles. The van der Waals surface area contributed by atoms with Crippen molar-refractivity contribution in [1.82, 2.24) is 5.32 Å². The van der Waals surface area contributed by atoms with Gasteiger partial charge in [-0.25, -0.2) is 9.59 Å². The summed E-state index contributed by atoms with van der Waals surface area (Å²) in [6.07, 6.45) is 2.62. The third kappa shape index (κ3) is 5.41. The fraction of sp³-hybridized carbons (Fsp3) is 0.538. The van der Waals surface area contributed by atoms with Gasteiger partial charge in [-0.15, -0.1) is 0 Å². The van der Waals surface area contributed by atoms with E-state index in [9.17, 15) is 9.59 Å². The molecule has 1 atom stereocenters. The van der Waals surface area contributed by atoms with Gasteiger partial charge >= 0.3 is 11.9 Å². The van der Waals surface area contributed by atoms with Crippen molar-refractivity contribution in [2.75, 3.05) is 19.8 Å². The number of nitrogens with one attached hydrogen (secondary N) is 1. The summed E-state index contributed by atoms with van der Waals surface area (Å²) in [5.74, 6) is -1.13. The standard InChI is InChI=1S/C13H19NO6/c1-9(16)8-20-13(18)11-5-10(6-14-7-11)12(17)19-4-2-3-15/h6-7,9,14-16H,2-5,8H2,1H3. The van der Waals surface area contributed by atoms with E-state index in [1.165, 1.54) is 19.3 Å². The Morgan fingerprint density at radius 1 is 1.30 bits per heavy atom. The molecule has 0 bridgehead atoms. The lowest BCUT2D eigenvalue weighted by atomic mass is 10.1. The van der Waals surface area contributed by atoms with E-state index in [1.807, 2.05) is 0 Å². The SMILES string of the molecule is CC(O)COC(=O)C1=CNC=C(C(=O)OCCCO)C1. The fourth-order valence-electron chi connectivity index (χ4n) is 1.42. The Labute approximate surface area is 116 Å². The summed E-state index contributed by atoms with van der Waals surface area (Å²) in [6.45, 7) is 1.47. The van der Waals surface area contributed by atoms with Crippen LogP contribution in [0.3, 0.4) is 0 Å². The highest BCUT2D eigenvalue weighted by Gasteiger charge is 2.21. The van der Waals surface area contributed by atoms with Gasteiger partial charge in [-0.2, -0.15) is 0 Å². The molecule has 1 heterocycles. The number of aliphatic hydroxyl groups excluding tert-OH is 2. The van der Waals surface area contributed by atoms with E-state index >= 15 is 0 Å². The summed E-state index contributed by atoms with van der Waals surface area (Å²) < 4.78 is 9.78. The zero-order chi connectivity index (χ0) is 15.0. The molecule has 3 N–H and O–H groups in total. The maximum absolute atomic E-state index is 11.7. The summed E-state index contributed by atoms with van der Waals surface area (Å²) in [5, 5.41) is 20.3. The second kappa shape index (κ2) is 8.34. The van der Waals surface area contributed by atoms with Crippen molar-refractivity contribution in [3.63, 3.8) is 0 Å². The summed E-state index contributed by atoms with van der Waals surface area (Å²) in [4.78, 5) is 23.4. The van der Waals surface area contributed by atoms with Gasteiger partial charge in [0, 0.05) is 31.8 Å². The van der Waals surface area contributed by atoms with Crippen molar-refractivity contribution in [2.45, 2.75) is 25.9 Å². The summed E-state index contributed by atoms with van der Waals surface area (Å²) in [7, 11) is 0. The van der Waals surface area contributed by atoms with Gasteiger partial charge in [0.05, 0.1) is 23.9 Å². The van der Waals surface area contributed by atoms with Gasteiger partial charge in [-0.3, -0.25) is 0 Å². The second-order valence-corrected chi connectivity index (χ2v) is 4.34. The predicted octanol–water partition coefficient (Wildman–Crippen LogP) is -0.403. The average molecular weight is 285 g/mol. The minimum atomic E-state index is -0.741. The molecule has 0 saturated heterocycles. The number of hydrogen-bond donors (Lipinski definition) is 3. The zero-order valence-corrected chi connectivity index (χ0v) is 11.3. The minimum absolute atomic E-state index is 0.0542. The Morgan fingerprint density at radius 3 is 2.45 bits per heavy atom. The highest BCUT2D eigenvalue weighted by molar-refractivity contribution is 5.95. The molecule has 7 heteroatoms. The molecule has 0 radical (unpaired) electrons. The number of carbonyl (C=O) groups excluding carboxylic acids is 2. The molecule has 20 heavy (non-hydrogen) atoms. The summed E-state index contributed by atoms with van der Waals surface area (Å²) in [6, 6.07) is 0. The van der Waals surface area contributed by atoms with Crippen LogP contribution < -0.4 is 5.32 Å². The number of ether oxygens (including phenoxy) is 2. The van der Waals surface area contributed by atoms with Crippen LogP contribution in [0.2, 0.25) is 0 Å². The van der Waals surface area contributed by atoms with Crippen LogP contribution in [0.25, 0.3) is 0 Å². The Morgan fingerprint density at radius 2 is 1.90 bits per heavy atom. The van der Waals surface area contributed by atoms with E-state index in [2.05, 4.69) is 5.32 Å². The number of dihydropyridines is 1. The molecule has 0 aromatic carbocycles. The molecule has 0 amide bonds. The summed E-state index contributed by atoms with van der Waals surface area (Å²) >= 11 is 0. The Kier molecular flexibility index (Phi) is 6.75. The predicted molar refractivity (Wildman–Crippen MR) is 69.2 cm³/mol. The lowest BCUT2D eigenvalue weighted by Crippen LogP contribution is -2.22. The molecule has 0 aliphatic carbocycles. The Balaban J connectivity index is 2.45. The number of rotatable bonds is 7. The molecule has 1 aliphatic heterocycles. The van der Waals surface area contributed by atoms with E-state index < -0.39 is 18.0 Å². The van der Waals surface area contributed by atoms with Crippen LogP contribution >= 0.6 is 0 Å². The molecule has 112 valence electrons. The van der Waals surface area contributed by atoms with Crippen molar-refractivity contribution in [2.24, 2.45) is 0 Å². The van der Waals surface area contributed by atoms with Crippen molar-refractivity contribution < 1.29 is 29.3 Å². The number of hydrogen-bond acceptors (Lipinski definition) is 7.